The first-order valence-corrected chi connectivity index (χ1v) is 10.0. The summed E-state index contributed by atoms with van der Waals surface area (Å²) < 4.78 is 5.54. The van der Waals surface area contributed by atoms with Crippen LogP contribution in [-0.2, 0) is 13.0 Å². The van der Waals surface area contributed by atoms with Crippen molar-refractivity contribution in [3.8, 4) is 22.8 Å². The summed E-state index contributed by atoms with van der Waals surface area (Å²) in [4.78, 5) is 28.2. The van der Waals surface area contributed by atoms with Gasteiger partial charge in [-0.25, -0.2) is 9.97 Å². The first kappa shape index (κ1) is 18.9. The Morgan fingerprint density at radius 3 is 2.71 bits per heavy atom. The van der Waals surface area contributed by atoms with Gasteiger partial charge >= 0.3 is 0 Å². The quantitative estimate of drug-likeness (QED) is 0.538. The maximum absolute atomic E-state index is 12.5. The predicted molar refractivity (Wildman–Crippen MR) is 115 cm³/mol. The van der Waals surface area contributed by atoms with Gasteiger partial charge in [-0.2, -0.15) is 0 Å². The van der Waals surface area contributed by atoms with Crippen LogP contribution < -0.4 is 10.2 Å². The molecule has 0 spiro atoms. The molecule has 4 heterocycles. The lowest BCUT2D eigenvalue weighted by molar-refractivity contribution is 0.0940. The molecule has 0 saturated heterocycles. The van der Waals surface area contributed by atoms with Gasteiger partial charge in [0.15, 0.2) is 11.6 Å². The van der Waals surface area contributed by atoms with E-state index in [-0.39, 0.29) is 5.91 Å². The standard InChI is InChI=1S/C23H20N6O2/c1-29(14-16-13-19(28-31-16)18-9-5-6-11-24-18)22-17-10-12-25-23(30)20(17)26-21(27-22)15-7-3-2-4-8-15/h2-9,11,13H,10,12,14H2,1H3,(H,25,30). The number of rotatable bonds is 5. The number of fused-ring (bicyclic) bond motifs is 1. The van der Waals surface area contributed by atoms with Crippen molar-refractivity contribution in [2.24, 2.45) is 0 Å². The summed E-state index contributed by atoms with van der Waals surface area (Å²) in [7, 11) is 1.92. The van der Waals surface area contributed by atoms with Crippen molar-refractivity contribution in [1.29, 1.82) is 0 Å². The highest BCUT2D eigenvalue weighted by Gasteiger charge is 2.26. The zero-order valence-corrected chi connectivity index (χ0v) is 16.9. The molecule has 0 aliphatic carbocycles. The van der Waals surface area contributed by atoms with E-state index in [9.17, 15) is 4.79 Å². The molecule has 1 amide bonds. The SMILES string of the molecule is CN(Cc1cc(-c2ccccn2)no1)c1nc(-c2ccccc2)nc2c1CCNC2=O. The summed E-state index contributed by atoms with van der Waals surface area (Å²) in [5.41, 5.74) is 3.56. The average molecular weight is 412 g/mol. The first-order valence-electron chi connectivity index (χ1n) is 10.0. The monoisotopic (exact) mass is 412 g/mol. The third kappa shape index (κ3) is 3.75. The molecule has 1 aliphatic rings. The van der Waals surface area contributed by atoms with Crippen LogP contribution in [0.4, 0.5) is 5.82 Å². The molecule has 1 N–H and O–H groups in total. The molecule has 0 radical (unpaired) electrons. The second-order valence-electron chi connectivity index (χ2n) is 7.32. The lowest BCUT2D eigenvalue weighted by Crippen LogP contribution is -2.35. The normalized spacial score (nSPS) is 12.9. The van der Waals surface area contributed by atoms with Gasteiger partial charge in [-0.05, 0) is 18.6 Å². The Kier molecular flexibility index (Phi) is 4.87. The Labute approximate surface area is 179 Å². The Balaban J connectivity index is 1.50. The fourth-order valence-corrected chi connectivity index (χ4v) is 3.64. The maximum atomic E-state index is 12.5. The number of carbonyl (C=O) groups is 1. The fraction of sp³-hybridized carbons (Fsp3) is 0.174. The number of nitrogens with one attached hydrogen (secondary N) is 1. The van der Waals surface area contributed by atoms with Gasteiger partial charge in [0, 0.05) is 37.0 Å². The molecule has 0 fully saturated rings. The van der Waals surface area contributed by atoms with Crippen molar-refractivity contribution in [2.75, 3.05) is 18.5 Å². The molecule has 3 aromatic heterocycles. The van der Waals surface area contributed by atoms with Gasteiger partial charge in [0.25, 0.3) is 5.91 Å². The number of benzene rings is 1. The highest BCUT2D eigenvalue weighted by molar-refractivity contribution is 5.96. The third-order valence-electron chi connectivity index (χ3n) is 5.13. The number of carbonyl (C=O) groups excluding carboxylic acids is 1. The molecule has 0 atom stereocenters. The summed E-state index contributed by atoms with van der Waals surface area (Å²) in [5, 5.41) is 7.01. The minimum Gasteiger partial charge on any atom is -0.359 e. The summed E-state index contributed by atoms with van der Waals surface area (Å²) in [6, 6.07) is 17.2. The van der Waals surface area contributed by atoms with Crippen molar-refractivity contribution in [3.05, 3.63) is 77.8 Å². The Morgan fingerprint density at radius 1 is 1.06 bits per heavy atom. The molecule has 4 aromatic rings. The Hall–Kier alpha value is -4.07. The van der Waals surface area contributed by atoms with Crippen LogP contribution in [-0.4, -0.2) is 39.6 Å². The van der Waals surface area contributed by atoms with Crippen LogP contribution in [0.1, 0.15) is 21.8 Å². The topological polar surface area (TPSA) is 97.0 Å². The number of nitrogens with zero attached hydrogens (tertiary/aromatic N) is 5. The van der Waals surface area contributed by atoms with Gasteiger partial charge < -0.3 is 14.7 Å². The smallest absolute Gasteiger partial charge is 0.270 e. The molecule has 8 nitrogen and oxygen atoms in total. The molecule has 8 heteroatoms. The molecule has 1 aromatic carbocycles. The van der Waals surface area contributed by atoms with Gasteiger partial charge in [0.1, 0.15) is 17.2 Å². The van der Waals surface area contributed by atoms with E-state index in [0.717, 1.165) is 22.6 Å². The minimum absolute atomic E-state index is 0.174. The van der Waals surface area contributed by atoms with Crippen LogP contribution in [0.3, 0.4) is 0 Å². The highest BCUT2D eigenvalue weighted by atomic mass is 16.5. The van der Waals surface area contributed by atoms with Gasteiger partial charge in [-0.3, -0.25) is 9.78 Å². The van der Waals surface area contributed by atoms with E-state index in [0.29, 0.717) is 42.5 Å². The number of hydrogen-bond donors (Lipinski definition) is 1. The van der Waals surface area contributed by atoms with Crippen LogP contribution in [0, 0.1) is 0 Å². The minimum atomic E-state index is -0.174. The summed E-state index contributed by atoms with van der Waals surface area (Å²) >= 11 is 0. The van der Waals surface area contributed by atoms with Crippen LogP contribution >= 0.6 is 0 Å². The fourth-order valence-electron chi connectivity index (χ4n) is 3.64. The molecule has 0 unspecified atom stereocenters. The van der Waals surface area contributed by atoms with E-state index in [4.69, 9.17) is 9.51 Å². The molecular formula is C23H20N6O2. The lowest BCUT2D eigenvalue weighted by Gasteiger charge is -2.25. The predicted octanol–water partition coefficient (Wildman–Crippen LogP) is 3.12. The van der Waals surface area contributed by atoms with Crippen LogP contribution in [0.2, 0.25) is 0 Å². The molecular weight excluding hydrogens is 392 g/mol. The van der Waals surface area contributed by atoms with E-state index in [1.807, 2.05) is 66.5 Å². The number of hydrogen-bond acceptors (Lipinski definition) is 7. The van der Waals surface area contributed by atoms with Gasteiger partial charge in [-0.15, -0.1) is 0 Å². The molecule has 5 rings (SSSR count). The van der Waals surface area contributed by atoms with Crippen LogP contribution in [0.5, 0.6) is 0 Å². The van der Waals surface area contributed by atoms with Gasteiger partial charge in [0.2, 0.25) is 0 Å². The number of amides is 1. The second kappa shape index (κ2) is 7.98. The third-order valence-corrected chi connectivity index (χ3v) is 5.13. The summed E-state index contributed by atoms with van der Waals surface area (Å²) in [6.07, 6.45) is 2.39. The van der Waals surface area contributed by atoms with Crippen molar-refractivity contribution in [3.63, 3.8) is 0 Å². The Bertz CT molecular complexity index is 1220. The number of aromatic nitrogens is 4. The van der Waals surface area contributed by atoms with Crippen LogP contribution in [0.15, 0.2) is 65.3 Å². The van der Waals surface area contributed by atoms with Crippen LogP contribution in [0.25, 0.3) is 22.8 Å². The number of pyridine rings is 1. The average Bonchev–Trinajstić information content (AvgIpc) is 3.28. The van der Waals surface area contributed by atoms with E-state index >= 15 is 0 Å². The van der Waals surface area contributed by atoms with Crippen molar-refractivity contribution < 1.29 is 9.32 Å². The van der Waals surface area contributed by atoms with E-state index < -0.39 is 0 Å². The Morgan fingerprint density at radius 2 is 1.90 bits per heavy atom. The van der Waals surface area contributed by atoms with Gasteiger partial charge in [-0.1, -0.05) is 41.6 Å². The van der Waals surface area contributed by atoms with Gasteiger partial charge in [0.05, 0.1) is 12.2 Å². The lowest BCUT2D eigenvalue weighted by atomic mass is 10.0. The first-order chi connectivity index (χ1) is 15.2. The highest BCUT2D eigenvalue weighted by Crippen LogP contribution is 2.28. The van der Waals surface area contributed by atoms with Crippen molar-refractivity contribution in [1.82, 2.24) is 25.4 Å². The van der Waals surface area contributed by atoms with E-state index in [1.54, 1.807) is 6.20 Å². The molecule has 0 bridgehead atoms. The molecule has 1 aliphatic heterocycles. The van der Waals surface area contributed by atoms with E-state index in [2.05, 4.69) is 20.4 Å². The zero-order chi connectivity index (χ0) is 21.2. The van der Waals surface area contributed by atoms with Crippen molar-refractivity contribution >= 4 is 11.7 Å². The largest absolute Gasteiger partial charge is 0.359 e. The zero-order valence-electron chi connectivity index (χ0n) is 16.9. The maximum Gasteiger partial charge on any atom is 0.270 e. The van der Waals surface area contributed by atoms with Crippen molar-refractivity contribution in [2.45, 2.75) is 13.0 Å². The molecule has 154 valence electrons. The number of anilines is 1. The molecule has 31 heavy (non-hydrogen) atoms. The summed E-state index contributed by atoms with van der Waals surface area (Å²) in [5.74, 6) is 1.74. The van der Waals surface area contributed by atoms with E-state index in [1.165, 1.54) is 0 Å². The second-order valence-corrected chi connectivity index (χ2v) is 7.32. The molecule has 0 saturated carbocycles. The summed E-state index contributed by atoms with van der Waals surface area (Å²) in [6.45, 7) is 1.01.